The molecule has 0 amide bonds. The Morgan fingerprint density at radius 1 is 1.00 bits per heavy atom. The minimum Gasteiger partial charge on any atom is -0.374 e. The van der Waals surface area contributed by atoms with Crippen molar-refractivity contribution in [2.75, 3.05) is 13.2 Å². The Kier molecular flexibility index (Phi) is 6.12. The number of ether oxygens (including phenoxy) is 1. The first kappa shape index (κ1) is 16.7. The second-order valence-electron chi connectivity index (χ2n) is 4.99. The summed E-state index contributed by atoms with van der Waals surface area (Å²) in [5.41, 5.74) is 1.12. The molecule has 2 rings (SSSR count). The molecule has 0 aromatic heterocycles. The first-order valence-electron chi connectivity index (χ1n) is 7.31. The summed E-state index contributed by atoms with van der Waals surface area (Å²) >= 11 is 0. The van der Waals surface area contributed by atoms with Gasteiger partial charge in [0, 0.05) is 13.2 Å². The van der Waals surface area contributed by atoms with Crippen LogP contribution in [0.15, 0.2) is 65.6 Å². The van der Waals surface area contributed by atoms with Crippen LogP contribution in [0.5, 0.6) is 0 Å². The van der Waals surface area contributed by atoms with E-state index in [0.717, 1.165) is 5.56 Å². The zero-order valence-corrected chi connectivity index (χ0v) is 13.4. The lowest BCUT2D eigenvalue weighted by Gasteiger charge is -2.13. The van der Waals surface area contributed by atoms with Gasteiger partial charge in [-0.25, -0.2) is 13.1 Å². The summed E-state index contributed by atoms with van der Waals surface area (Å²) in [6.45, 7) is 2.86. The fourth-order valence-electron chi connectivity index (χ4n) is 2.04. The standard InChI is InChI=1S/C17H21NO3S/c1-15(16-9-4-2-5-10-16)21-14-8-13-18-22(19,20)17-11-6-3-7-12-17/h2-7,9-12,15,18H,8,13-14H2,1H3. The Balaban J connectivity index is 1.72. The van der Waals surface area contributed by atoms with Crippen molar-refractivity contribution in [2.24, 2.45) is 0 Å². The summed E-state index contributed by atoms with van der Waals surface area (Å²) in [5.74, 6) is 0. The van der Waals surface area contributed by atoms with Crippen molar-refractivity contribution < 1.29 is 13.2 Å². The van der Waals surface area contributed by atoms with Gasteiger partial charge in [0.05, 0.1) is 11.0 Å². The first-order valence-corrected chi connectivity index (χ1v) is 8.79. The van der Waals surface area contributed by atoms with E-state index in [1.165, 1.54) is 0 Å². The van der Waals surface area contributed by atoms with Crippen LogP contribution in [-0.4, -0.2) is 21.6 Å². The summed E-state index contributed by atoms with van der Waals surface area (Å²) < 4.78 is 32.3. The van der Waals surface area contributed by atoms with Crippen LogP contribution >= 0.6 is 0 Å². The van der Waals surface area contributed by atoms with Gasteiger partial charge in [-0.15, -0.1) is 0 Å². The van der Waals surface area contributed by atoms with Crippen LogP contribution in [0.25, 0.3) is 0 Å². The smallest absolute Gasteiger partial charge is 0.240 e. The van der Waals surface area contributed by atoms with Crippen LogP contribution in [0, 0.1) is 0 Å². The summed E-state index contributed by atoms with van der Waals surface area (Å²) in [4.78, 5) is 0.286. The van der Waals surface area contributed by atoms with E-state index in [-0.39, 0.29) is 11.0 Å². The Bertz CT molecular complexity index is 657. The van der Waals surface area contributed by atoms with Crippen LogP contribution in [0.2, 0.25) is 0 Å². The van der Waals surface area contributed by atoms with E-state index in [1.807, 2.05) is 37.3 Å². The van der Waals surface area contributed by atoms with Crippen LogP contribution in [0.1, 0.15) is 25.0 Å². The van der Waals surface area contributed by atoms with Crippen LogP contribution in [0.3, 0.4) is 0 Å². The third-order valence-electron chi connectivity index (χ3n) is 3.30. The Morgan fingerprint density at radius 2 is 1.59 bits per heavy atom. The average molecular weight is 319 g/mol. The van der Waals surface area contributed by atoms with E-state index in [0.29, 0.717) is 19.6 Å². The van der Waals surface area contributed by atoms with Crippen molar-refractivity contribution in [3.8, 4) is 0 Å². The topological polar surface area (TPSA) is 55.4 Å². The number of nitrogens with one attached hydrogen (secondary N) is 1. The van der Waals surface area contributed by atoms with E-state index in [4.69, 9.17) is 4.74 Å². The highest BCUT2D eigenvalue weighted by molar-refractivity contribution is 7.89. The molecule has 0 fully saturated rings. The quantitative estimate of drug-likeness (QED) is 0.761. The van der Waals surface area contributed by atoms with Crippen molar-refractivity contribution in [1.29, 1.82) is 0 Å². The largest absolute Gasteiger partial charge is 0.374 e. The lowest BCUT2D eigenvalue weighted by atomic mass is 10.1. The Labute approximate surface area is 132 Å². The SMILES string of the molecule is CC(OCCCNS(=O)(=O)c1ccccc1)c1ccccc1. The molecule has 118 valence electrons. The van der Waals surface area contributed by atoms with Crippen molar-refractivity contribution >= 4 is 10.0 Å². The molecule has 0 radical (unpaired) electrons. The molecule has 1 unspecified atom stereocenters. The Hall–Kier alpha value is -1.69. The first-order chi connectivity index (χ1) is 10.6. The highest BCUT2D eigenvalue weighted by Crippen LogP contribution is 2.15. The molecule has 0 spiro atoms. The normalized spacial score (nSPS) is 13.0. The molecular weight excluding hydrogens is 298 g/mol. The second kappa shape index (κ2) is 8.08. The summed E-state index contributed by atoms with van der Waals surface area (Å²) in [6.07, 6.45) is 0.635. The van der Waals surface area contributed by atoms with Crippen molar-refractivity contribution in [3.63, 3.8) is 0 Å². The molecule has 0 saturated carbocycles. The molecule has 2 aromatic rings. The highest BCUT2D eigenvalue weighted by Gasteiger charge is 2.12. The van der Waals surface area contributed by atoms with E-state index in [2.05, 4.69) is 4.72 Å². The van der Waals surface area contributed by atoms with Gasteiger partial charge in [0.15, 0.2) is 0 Å². The van der Waals surface area contributed by atoms with Gasteiger partial charge in [-0.1, -0.05) is 48.5 Å². The Morgan fingerprint density at radius 3 is 2.23 bits per heavy atom. The average Bonchev–Trinajstić information content (AvgIpc) is 2.56. The molecule has 0 bridgehead atoms. The molecule has 1 atom stereocenters. The fourth-order valence-corrected chi connectivity index (χ4v) is 3.14. The molecule has 5 heteroatoms. The van der Waals surface area contributed by atoms with Gasteiger partial charge in [-0.3, -0.25) is 0 Å². The second-order valence-corrected chi connectivity index (χ2v) is 6.76. The van der Waals surface area contributed by atoms with Crippen LogP contribution in [-0.2, 0) is 14.8 Å². The summed E-state index contributed by atoms with van der Waals surface area (Å²) in [5, 5.41) is 0. The minimum absolute atomic E-state index is 0.00642. The maximum atomic E-state index is 12.0. The number of rotatable bonds is 8. The predicted molar refractivity (Wildman–Crippen MR) is 87.1 cm³/mol. The number of sulfonamides is 1. The number of hydrogen-bond acceptors (Lipinski definition) is 3. The van der Waals surface area contributed by atoms with Crippen molar-refractivity contribution in [2.45, 2.75) is 24.3 Å². The van der Waals surface area contributed by atoms with E-state index in [1.54, 1.807) is 30.3 Å². The lowest BCUT2D eigenvalue weighted by Crippen LogP contribution is -2.25. The maximum absolute atomic E-state index is 12.0. The van der Waals surface area contributed by atoms with Gasteiger partial charge < -0.3 is 4.74 Å². The third kappa shape index (κ3) is 4.94. The van der Waals surface area contributed by atoms with Gasteiger partial charge in [0.1, 0.15) is 0 Å². The molecule has 0 aliphatic carbocycles. The molecule has 22 heavy (non-hydrogen) atoms. The van der Waals surface area contributed by atoms with E-state index in [9.17, 15) is 8.42 Å². The zero-order chi connectivity index (χ0) is 15.8. The van der Waals surface area contributed by atoms with Gasteiger partial charge in [0.25, 0.3) is 0 Å². The summed E-state index contributed by atoms with van der Waals surface area (Å²) in [6, 6.07) is 18.3. The monoisotopic (exact) mass is 319 g/mol. The third-order valence-corrected chi connectivity index (χ3v) is 4.78. The van der Waals surface area contributed by atoms with Gasteiger partial charge >= 0.3 is 0 Å². The number of benzene rings is 2. The molecule has 0 aliphatic heterocycles. The molecular formula is C17H21NO3S. The lowest BCUT2D eigenvalue weighted by molar-refractivity contribution is 0.0647. The van der Waals surface area contributed by atoms with E-state index < -0.39 is 10.0 Å². The molecule has 4 nitrogen and oxygen atoms in total. The van der Waals surface area contributed by atoms with Crippen LogP contribution < -0.4 is 4.72 Å². The van der Waals surface area contributed by atoms with Gasteiger partial charge in [-0.05, 0) is 31.0 Å². The van der Waals surface area contributed by atoms with E-state index >= 15 is 0 Å². The van der Waals surface area contributed by atoms with Crippen molar-refractivity contribution in [1.82, 2.24) is 4.72 Å². The molecule has 0 heterocycles. The highest BCUT2D eigenvalue weighted by atomic mass is 32.2. The van der Waals surface area contributed by atoms with Gasteiger partial charge in [0.2, 0.25) is 10.0 Å². The number of hydrogen-bond donors (Lipinski definition) is 1. The molecule has 1 N–H and O–H groups in total. The van der Waals surface area contributed by atoms with Gasteiger partial charge in [-0.2, -0.15) is 0 Å². The maximum Gasteiger partial charge on any atom is 0.240 e. The molecule has 2 aromatic carbocycles. The molecule has 0 saturated heterocycles. The summed E-state index contributed by atoms with van der Waals surface area (Å²) in [7, 11) is -3.42. The van der Waals surface area contributed by atoms with Crippen LogP contribution in [0.4, 0.5) is 0 Å². The fraction of sp³-hybridized carbons (Fsp3) is 0.294. The zero-order valence-electron chi connectivity index (χ0n) is 12.6. The minimum atomic E-state index is -3.42. The van der Waals surface area contributed by atoms with Crippen molar-refractivity contribution in [3.05, 3.63) is 66.2 Å². The predicted octanol–water partition coefficient (Wildman–Crippen LogP) is 3.13. The molecule has 0 aliphatic rings.